The molecular formula is C76H153NO37. The Labute approximate surface area is 679 Å². The number of hydrogen-bond donors (Lipinski definition) is 2. The normalized spacial score (nSPS) is 11.8. The Balaban J connectivity index is 3.10. The van der Waals surface area contributed by atoms with Gasteiger partial charge in [-0.3, -0.25) is 4.79 Å². The van der Waals surface area contributed by atoms with Crippen LogP contribution in [0, 0.1) is 0 Å². The quantitative estimate of drug-likeness (QED) is 0.0807. The number of carbonyl (C=O) groups is 1. The number of unbranched alkanes of at least 4 members (excludes halogenated alkanes) is 2. The third-order valence-electron chi connectivity index (χ3n) is 14.1. The van der Waals surface area contributed by atoms with Crippen molar-refractivity contribution in [2.75, 3.05) is 469 Å². The van der Waals surface area contributed by atoms with Gasteiger partial charge in [-0.25, -0.2) is 0 Å². The van der Waals surface area contributed by atoms with Crippen molar-refractivity contribution in [1.29, 1.82) is 0 Å². The second-order valence-electron chi connectivity index (χ2n) is 23.4. The van der Waals surface area contributed by atoms with Crippen LogP contribution in [0.25, 0.3) is 0 Å². The Morgan fingerprint density at radius 1 is 0.132 bits per heavy atom. The van der Waals surface area contributed by atoms with E-state index >= 15 is 0 Å². The second kappa shape index (κ2) is 109. The highest BCUT2D eigenvalue weighted by molar-refractivity contribution is 5.66. The standard InChI is InChI=1S/C76H153NO37/c77-5-9-83-13-17-87-21-25-91-29-33-95-37-41-99-45-49-103-53-57-107-61-63-109-65-67-111-69-71-113-73-75-114-74-72-112-70-68-110-66-64-108-62-59-105-55-51-101-47-43-97-39-35-93-31-27-89-23-19-85-15-11-81-7-3-1-2-6-80-10-14-84-18-22-88-26-30-92-34-38-96-42-46-100-50-54-104-58-60-106-56-52-102-48-44-98-40-36-94-32-28-90-24-20-86-16-12-82-8-4-76(78)79/h1-75,77H2,(H,78,79). The summed E-state index contributed by atoms with van der Waals surface area (Å²) in [7, 11) is 0. The van der Waals surface area contributed by atoms with Crippen molar-refractivity contribution in [2.24, 2.45) is 5.73 Å². The van der Waals surface area contributed by atoms with Gasteiger partial charge in [-0.2, -0.15) is 0 Å². The van der Waals surface area contributed by atoms with Gasteiger partial charge in [0, 0.05) is 19.8 Å². The first-order valence-electron chi connectivity index (χ1n) is 40.9. The summed E-state index contributed by atoms with van der Waals surface area (Å²) >= 11 is 0. The number of carboxylic acid groups (broad SMARTS) is 1. The zero-order valence-electron chi connectivity index (χ0n) is 69.3. The summed E-state index contributed by atoms with van der Waals surface area (Å²) in [6.45, 7) is 34.7. The first-order chi connectivity index (χ1) is 56.8. The highest BCUT2D eigenvalue weighted by atomic mass is 16.6. The molecule has 0 spiro atoms. The molecule has 38 heteroatoms. The highest BCUT2D eigenvalue weighted by Gasteiger charge is 2.04. The fraction of sp³-hybridized carbons (Fsp3) is 0.987. The second-order valence-corrected chi connectivity index (χ2v) is 23.4. The fourth-order valence-corrected chi connectivity index (χ4v) is 8.29. The lowest BCUT2D eigenvalue weighted by molar-refractivity contribution is -0.138. The topological polar surface area (TPSA) is 386 Å². The third-order valence-corrected chi connectivity index (χ3v) is 14.1. The molecule has 0 saturated heterocycles. The smallest absolute Gasteiger partial charge is 0.305 e. The van der Waals surface area contributed by atoms with Gasteiger partial charge in [-0.05, 0) is 19.3 Å². The Hall–Kier alpha value is -1.97. The van der Waals surface area contributed by atoms with E-state index in [2.05, 4.69) is 0 Å². The molecule has 114 heavy (non-hydrogen) atoms. The first-order valence-corrected chi connectivity index (χ1v) is 40.9. The number of aliphatic carboxylic acids is 1. The lowest BCUT2D eigenvalue weighted by Gasteiger charge is -2.09. The van der Waals surface area contributed by atoms with E-state index in [-0.39, 0.29) is 13.0 Å². The maximum absolute atomic E-state index is 10.4. The minimum Gasteiger partial charge on any atom is -0.481 e. The van der Waals surface area contributed by atoms with Crippen LogP contribution in [0.3, 0.4) is 0 Å². The minimum absolute atomic E-state index is 0.0114. The Morgan fingerprint density at radius 2 is 0.219 bits per heavy atom. The molecule has 0 aromatic heterocycles. The van der Waals surface area contributed by atoms with Crippen LogP contribution >= 0.6 is 0 Å². The molecule has 0 aliphatic heterocycles. The van der Waals surface area contributed by atoms with Crippen LogP contribution in [0.15, 0.2) is 0 Å². The van der Waals surface area contributed by atoms with Crippen molar-refractivity contribution in [3.05, 3.63) is 0 Å². The molecule has 0 radical (unpaired) electrons. The zero-order valence-corrected chi connectivity index (χ0v) is 69.3. The van der Waals surface area contributed by atoms with Crippen molar-refractivity contribution in [3.63, 3.8) is 0 Å². The van der Waals surface area contributed by atoms with Gasteiger partial charge in [-0.15, -0.1) is 0 Å². The number of ether oxygens (including phenoxy) is 35. The molecule has 0 amide bonds. The summed E-state index contributed by atoms with van der Waals surface area (Å²) in [6, 6.07) is 0. The van der Waals surface area contributed by atoms with Crippen LogP contribution in [0.1, 0.15) is 25.7 Å². The van der Waals surface area contributed by atoms with Crippen LogP contribution in [0.5, 0.6) is 0 Å². The van der Waals surface area contributed by atoms with Crippen LogP contribution in [0.2, 0.25) is 0 Å². The Kier molecular flexibility index (Phi) is 107. The molecule has 0 aliphatic carbocycles. The highest BCUT2D eigenvalue weighted by Crippen LogP contribution is 1.99. The van der Waals surface area contributed by atoms with Gasteiger partial charge in [0.15, 0.2) is 0 Å². The molecule has 0 heterocycles. The van der Waals surface area contributed by atoms with E-state index in [9.17, 15) is 4.79 Å². The summed E-state index contributed by atoms with van der Waals surface area (Å²) in [6.07, 6.45) is 2.97. The molecule has 0 bridgehead atoms. The van der Waals surface area contributed by atoms with Gasteiger partial charge in [0.05, 0.1) is 456 Å². The third kappa shape index (κ3) is 110. The van der Waals surface area contributed by atoms with Crippen LogP contribution in [-0.2, 0) is 171 Å². The van der Waals surface area contributed by atoms with E-state index in [0.717, 1.165) is 19.3 Å². The van der Waals surface area contributed by atoms with E-state index in [1.165, 1.54) is 0 Å². The molecule has 684 valence electrons. The van der Waals surface area contributed by atoms with Gasteiger partial charge in [0.25, 0.3) is 0 Å². The van der Waals surface area contributed by atoms with E-state index < -0.39 is 5.97 Å². The van der Waals surface area contributed by atoms with Crippen molar-refractivity contribution >= 4 is 5.97 Å². The predicted octanol–water partition coefficient (Wildman–Crippen LogP) is 1.17. The lowest BCUT2D eigenvalue weighted by Crippen LogP contribution is -2.16. The van der Waals surface area contributed by atoms with Gasteiger partial charge in [-0.1, -0.05) is 0 Å². The minimum atomic E-state index is -0.881. The molecule has 38 nitrogen and oxygen atoms in total. The molecule has 0 fully saturated rings. The van der Waals surface area contributed by atoms with Crippen molar-refractivity contribution in [2.45, 2.75) is 25.7 Å². The first kappa shape index (κ1) is 112. The maximum atomic E-state index is 10.4. The molecule has 0 aromatic carbocycles. The van der Waals surface area contributed by atoms with E-state index in [1.807, 2.05) is 0 Å². The van der Waals surface area contributed by atoms with Crippen LogP contribution in [0.4, 0.5) is 0 Å². The average Bonchev–Trinajstić information content (AvgIpc) is 2.48. The van der Waals surface area contributed by atoms with Gasteiger partial charge in [0.2, 0.25) is 0 Å². The molecule has 3 N–H and O–H groups in total. The molecule has 0 saturated carbocycles. The zero-order chi connectivity index (χ0) is 81.4. The largest absolute Gasteiger partial charge is 0.481 e. The van der Waals surface area contributed by atoms with Gasteiger partial charge < -0.3 is 177 Å². The lowest BCUT2D eigenvalue weighted by atomic mass is 10.2. The maximum Gasteiger partial charge on any atom is 0.305 e. The number of rotatable bonds is 110. The monoisotopic (exact) mass is 1670 g/mol. The Morgan fingerprint density at radius 3 is 0.316 bits per heavy atom. The van der Waals surface area contributed by atoms with Crippen LogP contribution < -0.4 is 5.73 Å². The van der Waals surface area contributed by atoms with E-state index in [4.69, 9.17) is 177 Å². The molecule has 0 atom stereocenters. The Bertz CT molecular complexity index is 1660. The number of nitrogens with two attached hydrogens (primary N) is 1. The van der Waals surface area contributed by atoms with Crippen LogP contribution in [-0.4, -0.2) is 480 Å². The van der Waals surface area contributed by atoms with Crippen molar-refractivity contribution in [3.8, 4) is 0 Å². The van der Waals surface area contributed by atoms with Crippen molar-refractivity contribution < 1.29 is 176 Å². The number of carboxylic acids is 1. The molecule has 0 rings (SSSR count). The summed E-state index contributed by atoms with van der Waals surface area (Å²) < 4.78 is 193. The molecule has 0 aliphatic rings. The summed E-state index contributed by atoms with van der Waals surface area (Å²) in [5, 5.41) is 8.54. The molecule has 0 aromatic rings. The summed E-state index contributed by atoms with van der Waals surface area (Å²) in [5.74, 6) is -0.881. The SMILES string of the molecule is NCCOCCOCCOCCOCCOCCOCCOCCOCCOCCOCCOCCOCCOCCOCCOCCOCCOCCOCCOCCOCCOCCCCCOCCOCCOCCOCCOCCOCCOCCOCCOCCOCCOCCOCCOCCOCCC(=O)O. The summed E-state index contributed by atoms with van der Waals surface area (Å²) in [5.41, 5.74) is 5.35. The number of hydrogen-bond acceptors (Lipinski definition) is 37. The predicted molar refractivity (Wildman–Crippen MR) is 414 cm³/mol. The van der Waals surface area contributed by atoms with Gasteiger partial charge in [0.1, 0.15) is 0 Å². The molecular weight excluding hydrogens is 1520 g/mol. The summed E-state index contributed by atoms with van der Waals surface area (Å²) in [4.78, 5) is 10.4. The fourth-order valence-electron chi connectivity index (χ4n) is 8.29. The van der Waals surface area contributed by atoms with E-state index in [1.54, 1.807) is 0 Å². The van der Waals surface area contributed by atoms with Crippen molar-refractivity contribution in [1.82, 2.24) is 0 Å². The van der Waals surface area contributed by atoms with Gasteiger partial charge >= 0.3 is 5.97 Å². The average molecular weight is 1670 g/mol. The molecule has 0 unspecified atom stereocenters. The van der Waals surface area contributed by atoms with E-state index in [0.29, 0.717) is 462 Å².